The predicted octanol–water partition coefficient (Wildman–Crippen LogP) is 2.93. The van der Waals surface area contributed by atoms with Crippen molar-refractivity contribution in [3.63, 3.8) is 0 Å². The highest BCUT2D eigenvalue weighted by Crippen LogP contribution is 2.44. The maximum absolute atomic E-state index is 13.5. The molecule has 1 aromatic rings. The Hall–Kier alpha value is -0.930. The van der Waals surface area contributed by atoms with Crippen LogP contribution in [0.3, 0.4) is 0 Å². The Bertz CT molecular complexity index is 422. The van der Waals surface area contributed by atoms with Gasteiger partial charge in [-0.25, -0.2) is 4.39 Å². The lowest BCUT2D eigenvalue weighted by Gasteiger charge is -2.55. The largest absolute Gasteiger partial charge is 0.391 e. The molecular formula is C16H22FNO. The first-order valence-electron chi connectivity index (χ1n) is 7.28. The van der Waals surface area contributed by atoms with Crippen molar-refractivity contribution in [1.29, 1.82) is 0 Å². The predicted molar refractivity (Wildman–Crippen MR) is 73.6 cm³/mol. The first kappa shape index (κ1) is 13.1. The van der Waals surface area contributed by atoms with Gasteiger partial charge in [0.2, 0.25) is 0 Å². The molecule has 2 saturated heterocycles. The number of halogens is 1. The lowest BCUT2D eigenvalue weighted by Crippen LogP contribution is -2.62. The summed E-state index contributed by atoms with van der Waals surface area (Å²) in [5.41, 5.74) is 1.21. The molecule has 1 aromatic carbocycles. The van der Waals surface area contributed by atoms with Crippen molar-refractivity contribution in [3.8, 4) is 0 Å². The van der Waals surface area contributed by atoms with E-state index in [9.17, 15) is 9.50 Å². The first-order chi connectivity index (χ1) is 9.22. The topological polar surface area (TPSA) is 23.5 Å². The molecule has 2 heterocycles. The highest BCUT2D eigenvalue weighted by Gasteiger charge is 2.48. The fourth-order valence-electron chi connectivity index (χ4n) is 4.03. The van der Waals surface area contributed by atoms with E-state index in [1.54, 1.807) is 0 Å². The van der Waals surface area contributed by atoms with E-state index in [1.807, 2.05) is 18.2 Å². The van der Waals surface area contributed by atoms with Crippen LogP contribution in [0.4, 0.5) is 4.39 Å². The highest BCUT2D eigenvalue weighted by molar-refractivity contribution is 5.20. The van der Waals surface area contributed by atoms with Crippen molar-refractivity contribution >= 4 is 0 Å². The molecule has 0 unspecified atom stereocenters. The van der Waals surface area contributed by atoms with Crippen molar-refractivity contribution in [2.24, 2.45) is 5.92 Å². The molecule has 1 aliphatic carbocycles. The van der Waals surface area contributed by atoms with E-state index in [2.05, 4.69) is 24.0 Å². The Morgan fingerprint density at radius 1 is 1.32 bits per heavy atom. The van der Waals surface area contributed by atoms with Gasteiger partial charge in [0, 0.05) is 18.1 Å². The first-order valence-corrected chi connectivity index (χ1v) is 7.28. The molecule has 19 heavy (non-hydrogen) atoms. The van der Waals surface area contributed by atoms with Crippen LogP contribution >= 0.6 is 0 Å². The van der Waals surface area contributed by atoms with Crippen LogP contribution in [0, 0.1) is 5.92 Å². The molecule has 0 amide bonds. The van der Waals surface area contributed by atoms with Crippen LogP contribution in [0.2, 0.25) is 0 Å². The van der Waals surface area contributed by atoms with E-state index in [0.717, 1.165) is 19.3 Å². The minimum Gasteiger partial charge on any atom is -0.391 e. The molecule has 3 fully saturated rings. The maximum Gasteiger partial charge on any atom is 0.105 e. The van der Waals surface area contributed by atoms with Crippen molar-refractivity contribution < 1.29 is 9.50 Å². The molecule has 0 spiro atoms. The van der Waals surface area contributed by atoms with Gasteiger partial charge in [-0.3, -0.25) is 4.90 Å². The van der Waals surface area contributed by atoms with Crippen LogP contribution < -0.4 is 0 Å². The van der Waals surface area contributed by atoms with E-state index in [1.165, 1.54) is 5.56 Å². The summed E-state index contributed by atoms with van der Waals surface area (Å²) < 4.78 is 13.5. The number of hydrogen-bond donors (Lipinski definition) is 1. The quantitative estimate of drug-likeness (QED) is 0.906. The van der Waals surface area contributed by atoms with Crippen LogP contribution in [-0.4, -0.2) is 34.9 Å². The van der Waals surface area contributed by atoms with Gasteiger partial charge in [-0.05, 0) is 37.7 Å². The second kappa shape index (κ2) is 5.22. The number of alkyl halides is 1. The highest BCUT2D eigenvalue weighted by atomic mass is 19.1. The summed E-state index contributed by atoms with van der Waals surface area (Å²) in [5, 5.41) is 10.2. The summed E-state index contributed by atoms with van der Waals surface area (Å²) >= 11 is 0. The van der Waals surface area contributed by atoms with Crippen LogP contribution in [0.1, 0.15) is 37.8 Å². The Kier molecular flexibility index (Phi) is 3.59. The zero-order chi connectivity index (χ0) is 13.4. The van der Waals surface area contributed by atoms with Crippen molar-refractivity contribution in [2.75, 3.05) is 6.67 Å². The summed E-state index contributed by atoms with van der Waals surface area (Å²) in [7, 11) is 0. The Morgan fingerprint density at radius 2 is 2.05 bits per heavy atom. The Morgan fingerprint density at radius 3 is 2.68 bits per heavy atom. The van der Waals surface area contributed by atoms with Gasteiger partial charge in [-0.15, -0.1) is 0 Å². The number of rotatable bonds is 3. The normalized spacial score (nSPS) is 36.4. The molecule has 3 aliphatic rings. The van der Waals surface area contributed by atoms with Gasteiger partial charge in [0.1, 0.15) is 6.67 Å². The summed E-state index contributed by atoms with van der Waals surface area (Å²) in [6, 6.07) is 10.5. The second-order valence-electron chi connectivity index (χ2n) is 5.96. The average molecular weight is 263 g/mol. The number of hydrogen-bond acceptors (Lipinski definition) is 2. The smallest absolute Gasteiger partial charge is 0.105 e. The Balaban J connectivity index is 1.89. The molecule has 1 N–H and O–H groups in total. The molecule has 5 atom stereocenters. The van der Waals surface area contributed by atoms with E-state index in [-0.39, 0.29) is 30.9 Å². The third kappa shape index (κ3) is 2.19. The number of aliphatic hydroxyl groups excluding tert-OH is 1. The van der Waals surface area contributed by atoms with E-state index in [0.29, 0.717) is 5.92 Å². The zero-order valence-corrected chi connectivity index (χ0v) is 11.4. The number of piperidine rings is 2. The Labute approximate surface area is 114 Å². The van der Waals surface area contributed by atoms with Crippen LogP contribution in [0.15, 0.2) is 30.3 Å². The third-order valence-corrected chi connectivity index (χ3v) is 5.02. The van der Waals surface area contributed by atoms with Gasteiger partial charge in [-0.2, -0.15) is 0 Å². The van der Waals surface area contributed by atoms with Gasteiger partial charge in [-0.1, -0.05) is 30.3 Å². The maximum atomic E-state index is 13.5. The fourth-order valence-corrected chi connectivity index (χ4v) is 4.03. The molecule has 1 saturated carbocycles. The van der Waals surface area contributed by atoms with Crippen LogP contribution in [0.5, 0.6) is 0 Å². The van der Waals surface area contributed by atoms with Crippen molar-refractivity contribution in [1.82, 2.24) is 4.90 Å². The average Bonchev–Trinajstić information content (AvgIpc) is 2.47. The number of nitrogens with zero attached hydrogens (tertiary/aromatic N) is 1. The monoisotopic (exact) mass is 263 g/mol. The summed E-state index contributed by atoms with van der Waals surface area (Å²) in [6.45, 7) is 1.83. The number of aliphatic hydroxyl groups is 1. The summed E-state index contributed by atoms with van der Waals surface area (Å²) in [6.07, 6.45) is 2.55. The lowest BCUT2D eigenvalue weighted by molar-refractivity contribution is -0.114. The van der Waals surface area contributed by atoms with Gasteiger partial charge in [0.25, 0.3) is 0 Å². The molecule has 0 radical (unpaired) electrons. The van der Waals surface area contributed by atoms with E-state index in [4.69, 9.17) is 0 Å². The minimum atomic E-state index is -0.301. The number of fused-ring (bicyclic) bond motifs is 3. The number of benzene rings is 1. The summed E-state index contributed by atoms with van der Waals surface area (Å²) in [5.74, 6) is 0.316. The van der Waals surface area contributed by atoms with Gasteiger partial charge < -0.3 is 5.11 Å². The SMILES string of the molecule is C[C@H](c1ccccc1)N1[C@H](CF)[C@@H]2CC[C@H]1[C@H](O)C2. The summed E-state index contributed by atoms with van der Waals surface area (Å²) in [4.78, 5) is 2.23. The standard InChI is InChI=1S/C16H22FNO/c1-11(12-5-3-2-4-6-12)18-14-8-7-13(9-16(14)19)15(18)10-17/h2-6,11,13-16,19H,7-10H2,1H3/t11-,13-,14+,15-,16-/m1/s1. The van der Waals surface area contributed by atoms with Crippen molar-refractivity contribution in [3.05, 3.63) is 35.9 Å². The van der Waals surface area contributed by atoms with Crippen LogP contribution in [-0.2, 0) is 0 Å². The van der Waals surface area contributed by atoms with E-state index < -0.39 is 0 Å². The molecular weight excluding hydrogens is 241 g/mol. The van der Waals surface area contributed by atoms with Crippen LogP contribution in [0.25, 0.3) is 0 Å². The minimum absolute atomic E-state index is 0.0163. The molecule has 2 bridgehead atoms. The second-order valence-corrected chi connectivity index (χ2v) is 5.96. The molecule has 3 heteroatoms. The zero-order valence-electron chi connectivity index (χ0n) is 11.4. The molecule has 104 valence electrons. The van der Waals surface area contributed by atoms with Gasteiger partial charge in [0.15, 0.2) is 0 Å². The lowest BCUT2D eigenvalue weighted by atomic mass is 9.72. The molecule has 2 nitrogen and oxygen atoms in total. The van der Waals surface area contributed by atoms with E-state index >= 15 is 0 Å². The molecule has 2 aliphatic heterocycles. The molecule has 4 rings (SSSR count). The molecule has 0 aromatic heterocycles. The van der Waals surface area contributed by atoms with Gasteiger partial charge >= 0.3 is 0 Å². The third-order valence-electron chi connectivity index (χ3n) is 5.02. The van der Waals surface area contributed by atoms with Crippen molar-refractivity contribution in [2.45, 2.75) is 50.4 Å². The van der Waals surface area contributed by atoms with Gasteiger partial charge in [0.05, 0.1) is 6.10 Å². The fraction of sp³-hybridized carbons (Fsp3) is 0.625.